The lowest BCUT2D eigenvalue weighted by molar-refractivity contribution is -0.122. The minimum absolute atomic E-state index is 0.114. The van der Waals surface area contributed by atoms with Gasteiger partial charge in [-0.2, -0.15) is 4.72 Å². The number of likely N-dealkylation sites (N-methyl/N-ethyl adjacent to an activating group) is 1. The second kappa shape index (κ2) is 6.37. The van der Waals surface area contributed by atoms with Gasteiger partial charge in [-0.25, -0.2) is 8.42 Å². The van der Waals surface area contributed by atoms with Crippen LogP contribution in [0.1, 0.15) is 19.3 Å². The minimum Gasteiger partial charge on any atom is -0.490 e. The first-order chi connectivity index (χ1) is 11.0. The fraction of sp³-hybridized carbons (Fsp3) is 0.533. The molecule has 0 saturated carbocycles. The number of nitrogens with one attached hydrogen (secondary N) is 2. The van der Waals surface area contributed by atoms with Crippen molar-refractivity contribution >= 4 is 21.6 Å². The number of amides is 1. The fourth-order valence-corrected chi connectivity index (χ4v) is 4.06. The van der Waals surface area contributed by atoms with Crippen LogP contribution in [0.5, 0.6) is 5.75 Å². The van der Waals surface area contributed by atoms with Gasteiger partial charge in [0.15, 0.2) is 0 Å². The molecule has 1 aromatic carbocycles. The Hall–Kier alpha value is -1.80. The summed E-state index contributed by atoms with van der Waals surface area (Å²) in [6, 6.07) is 4.07. The van der Waals surface area contributed by atoms with Crippen molar-refractivity contribution in [3.8, 4) is 5.75 Å². The van der Waals surface area contributed by atoms with Gasteiger partial charge in [-0.05, 0) is 31.4 Å². The Kier molecular flexibility index (Phi) is 4.45. The van der Waals surface area contributed by atoms with Crippen molar-refractivity contribution in [2.24, 2.45) is 0 Å². The van der Waals surface area contributed by atoms with E-state index in [9.17, 15) is 13.2 Å². The highest BCUT2D eigenvalue weighted by Crippen LogP contribution is 2.32. The molecular formula is C15H21N3O4S. The molecule has 2 N–H and O–H groups in total. The molecule has 3 rings (SSSR count). The number of rotatable bonds is 3. The van der Waals surface area contributed by atoms with E-state index in [2.05, 4.69) is 10.0 Å². The van der Waals surface area contributed by atoms with Crippen molar-refractivity contribution in [1.29, 1.82) is 0 Å². The Bertz CT molecular complexity index is 705. The third-order valence-electron chi connectivity index (χ3n) is 4.17. The zero-order valence-corrected chi connectivity index (χ0v) is 13.9. The van der Waals surface area contributed by atoms with Gasteiger partial charge in [0, 0.05) is 19.7 Å². The fourth-order valence-electron chi connectivity index (χ4n) is 2.81. The predicted octanol–water partition coefficient (Wildman–Crippen LogP) is 0.462. The Labute approximate surface area is 136 Å². The molecule has 2 aliphatic heterocycles. The lowest BCUT2D eigenvalue weighted by Crippen LogP contribution is -2.45. The highest BCUT2D eigenvalue weighted by Gasteiger charge is 2.28. The molecule has 1 atom stereocenters. The molecule has 2 aliphatic rings. The first-order valence-electron chi connectivity index (χ1n) is 7.75. The van der Waals surface area contributed by atoms with Gasteiger partial charge >= 0.3 is 0 Å². The van der Waals surface area contributed by atoms with Gasteiger partial charge in [-0.15, -0.1) is 0 Å². The summed E-state index contributed by atoms with van der Waals surface area (Å²) < 4.78 is 33.2. The molecule has 126 valence electrons. The predicted molar refractivity (Wildman–Crippen MR) is 86.2 cm³/mol. The van der Waals surface area contributed by atoms with Crippen LogP contribution in [-0.4, -0.2) is 47.1 Å². The van der Waals surface area contributed by atoms with Gasteiger partial charge in [-0.1, -0.05) is 0 Å². The van der Waals surface area contributed by atoms with Gasteiger partial charge in [0.1, 0.15) is 18.4 Å². The van der Waals surface area contributed by atoms with E-state index in [1.807, 2.05) is 11.9 Å². The quantitative estimate of drug-likeness (QED) is 0.835. The lowest BCUT2D eigenvalue weighted by Gasteiger charge is -2.28. The number of anilines is 1. The largest absolute Gasteiger partial charge is 0.490 e. The molecule has 0 aromatic heterocycles. The topological polar surface area (TPSA) is 87.7 Å². The van der Waals surface area contributed by atoms with E-state index in [1.54, 1.807) is 12.1 Å². The molecule has 0 aliphatic carbocycles. The van der Waals surface area contributed by atoms with Gasteiger partial charge in [0.2, 0.25) is 15.9 Å². The summed E-state index contributed by atoms with van der Waals surface area (Å²) in [6.07, 6.45) is 2.18. The second-order valence-corrected chi connectivity index (χ2v) is 7.57. The van der Waals surface area contributed by atoms with E-state index in [0.717, 1.165) is 25.1 Å². The van der Waals surface area contributed by atoms with Crippen LogP contribution in [0.3, 0.4) is 0 Å². The second-order valence-electron chi connectivity index (χ2n) is 5.86. The summed E-state index contributed by atoms with van der Waals surface area (Å²) in [5, 5.41) is 2.73. The minimum atomic E-state index is -3.77. The Morgan fingerprint density at radius 1 is 1.35 bits per heavy atom. The number of carbonyl (C=O) groups excluding carboxylic acids is 1. The van der Waals surface area contributed by atoms with E-state index in [0.29, 0.717) is 25.3 Å². The molecular weight excluding hydrogens is 318 g/mol. The molecule has 1 fully saturated rings. The van der Waals surface area contributed by atoms with E-state index < -0.39 is 16.1 Å². The van der Waals surface area contributed by atoms with Gasteiger partial charge in [0.25, 0.3) is 0 Å². The molecule has 1 aromatic rings. The average molecular weight is 339 g/mol. The first kappa shape index (κ1) is 16.1. The molecule has 0 radical (unpaired) electrons. The average Bonchev–Trinajstić information content (AvgIpc) is 2.72. The van der Waals surface area contributed by atoms with Crippen molar-refractivity contribution in [3.63, 3.8) is 0 Å². The Balaban J connectivity index is 1.83. The van der Waals surface area contributed by atoms with Gasteiger partial charge < -0.3 is 15.0 Å². The molecule has 2 heterocycles. The number of benzene rings is 1. The normalized spacial score (nSPS) is 21.9. The number of fused-ring (bicyclic) bond motifs is 1. The number of ether oxygens (including phenoxy) is 1. The standard InChI is InChI=1S/C15H21N3O4S/c1-18-8-9-22-14-10-11(5-6-13(14)18)23(20,21)17-12-4-2-3-7-16-15(12)19/h5-6,10,12,17H,2-4,7-9H2,1H3,(H,16,19)/t12-/m0/s1. The van der Waals surface area contributed by atoms with E-state index in [4.69, 9.17) is 4.74 Å². The number of hydrogen-bond donors (Lipinski definition) is 2. The van der Waals surface area contributed by atoms with Crippen LogP contribution >= 0.6 is 0 Å². The number of sulfonamides is 1. The Morgan fingerprint density at radius 3 is 3.00 bits per heavy atom. The monoisotopic (exact) mass is 339 g/mol. The van der Waals surface area contributed by atoms with Crippen LogP contribution in [0.25, 0.3) is 0 Å². The molecule has 1 saturated heterocycles. The number of nitrogens with zero attached hydrogens (tertiary/aromatic N) is 1. The van der Waals surface area contributed by atoms with E-state index in [-0.39, 0.29) is 10.8 Å². The third-order valence-corrected chi connectivity index (χ3v) is 5.64. The summed E-state index contributed by atoms with van der Waals surface area (Å²) in [6.45, 7) is 1.88. The van der Waals surface area contributed by atoms with E-state index >= 15 is 0 Å². The maximum Gasteiger partial charge on any atom is 0.241 e. The van der Waals surface area contributed by atoms with Gasteiger partial charge in [0.05, 0.1) is 17.1 Å². The highest BCUT2D eigenvalue weighted by atomic mass is 32.2. The molecule has 0 spiro atoms. The van der Waals surface area contributed by atoms with Crippen LogP contribution in [0, 0.1) is 0 Å². The molecule has 23 heavy (non-hydrogen) atoms. The zero-order valence-electron chi connectivity index (χ0n) is 13.0. The summed E-state index contributed by atoms with van der Waals surface area (Å²) in [5.74, 6) is 0.284. The van der Waals surface area contributed by atoms with E-state index in [1.165, 1.54) is 6.07 Å². The molecule has 0 bridgehead atoms. The number of hydrogen-bond acceptors (Lipinski definition) is 5. The molecule has 8 heteroatoms. The van der Waals surface area contributed by atoms with Crippen LogP contribution in [-0.2, 0) is 14.8 Å². The SMILES string of the molecule is CN1CCOc2cc(S(=O)(=O)N[C@H]3CCCCNC3=O)ccc21. The van der Waals surface area contributed by atoms with Crippen molar-refractivity contribution in [3.05, 3.63) is 18.2 Å². The number of carbonyl (C=O) groups is 1. The zero-order chi connectivity index (χ0) is 16.4. The first-order valence-corrected chi connectivity index (χ1v) is 9.24. The molecule has 7 nitrogen and oxygen atoms in total. The summed E-state index contributed by atoms with van der Waals surface area (Å²) in [4.78, 5) is 14.1. The van der Waals surface area contributed by atoms with Crippen LogP contribution in [0.2, 0.25) is 0 Å². The maximum absolute atomic E-state index is 12.6. The van der Waals surface area contributed by atoms with Crippen molar-refractivity contribution in [1.82, 2.24) is 10.0 Å². The maximum atomic E-state index is 12.6. The summed E-state index contributed by atoms with van der Waals surface area (Å²) in [5.41, 5.74) is 0.863. The van der Waals surface area contributed by atoms with Crippen molar-refractivity contribution in [2.75, 3.05) is 31.6 Å². The summed E-state index contributed by atoms with van der Waals surface area (Å²) >= 11 is 0. The molecule has 0 unspecified atom stereocenters. The third kappa shape index (κ3) is 3.42. The lowest BCUT2D eigenvalue weighted by atomic mass is 10.1. The Morgan fingerprint density at radius 2 is 2.17 bits per heavy atom. The van der Waals surface area contributed by atoms with Gasteiger partial charge in [-0.3, -0.25) is 4.79 Å². The van der Waals surface area contributed by atoms with Crippen molar-refractivity contribution < 1.29 is 17.9 Å². The van der Waals surface area contributed by atoms with Crippen molar-refractivity contribution in [2.45, 2.75) is 30.2 Å². The summed E-state index contributed by atoms with van der Waals surface area (Å²) in [7, 11) is -1.84. The highest BCUT2D eigenvalue weighted by molar-refractivity contribution is 7.89. The smallest absolute Gasteiger partial charge is 0.241 e. The van der Waals surface area contributed by atoms with Crippen LogP contribution in [0.4, 0.5) is 5.69 Å². The molecule has 1 amide bonds. The van der Waals surface area contributed by atoms with Crippen LogP contribution in [0.15, 0.2) is 23.1 Å². The van der Waals surface area contributed by atoms with Crippen LogP contribution < -0.4 is 19.7 Å².